The SMILES string of the molecule is NC(=O)N(Cc1ccc(N2C3CCCC2CC3)cc1C(F)(F)F)c1cccc2[nH]ncc12. The smallest absolute Gasteiger partial charge is 0.366 e. The highest BCUT2D eigenvalue weighted by molar-refractivity contribution is 6.01. The number of nitrogens with one attached hydrogen (secondary N) is 1. The van der Waals surface area contributed by atoms with Crippen LogP contribution in [0.5, 0.6) is 0 Å². The quantitative estimate of drug-likeness (QED) is 0.583. The van der Waals surface area contributed by atoms with Crippen molar-refractivity contribution in [2.45, 2.75) is 56.9 Å². The normalized spacial score (nSPS) is 20.7. The minimum atomic E-state index is -4.55. The number of primary amides is 1. The number of benzene rings is 2. The van der Waals surface area contributed by atoms with Crippen molar-refractivity contribution in [1.29, 1.82) is 0 Å². The zero-order valence-electron chi connectivity index (χ0n) is 17.4. The van der Waals surface area contributed by atoms with Gasteiger partial charge in [0.15, 0.2) is 0 Å². The summed E-state index contributed by atoms with van der Waals surface area (Å²) in [5, 5.41) is 7.37. The summed E-state index contributed by atoms with van der Waals surface area (Å²) in [5.74, 6) is 0. The van der Waals surface area contributed by atoms with E-state index in [1.165, 1.54) is 18.3 Å². The Hall–Kier alpha value is -3.23. The Morgan fingerprint density at radius 2 is 1.91 bits per heavy atom. The molecule has 2 aliphatic heterocycles. The monoisotopic (exact) mass is 443 g/mol. The molecule has 2 aromatic carbocycles. The first-order valence-electron chi connectivity index (χ1n) is 10.8. The second-order valence-electron chi connectivity index (χ2n) is 8.60. The molecular weight excluding hydrogens is 419 g/mol. The first-order valence-corrected chi connectivity index (χ1v) is 10.8. The lowest BCUT2D eigenvalue weighted by Crippen LogP contribution is -2.40. The van der Waals surface area contributed by atoms with Crippen LogP contribution in [0, 0.1) is 0 Å². The first kappa shape index (κ1) is 20.7. The van der Waals surface area contributed by atoms with E-state index in [4.69, 9.17) is 5.73 Å². The van der Waals surface area contributed by atoms with Crippen LogP contribution >= 0.6 is 0 Å². The number of alkyl halides is 3. The van der Waals surface area contributed by atoms with Crippen LogP contribution in [0.2, 0.25) is 0 Å². The number of carbonyl (C=O) groups excluding carboxylic acids is 1. The number of rotatable bonds is 4. The van der Waals surface area contributed by atoms with E-state index in [0.717, 1.165) is 37.0 Å². The van der Waals surface area contributed by atoms with Gasteiger partial charge in [0.2, 0.25) is 0 Å². The van der Waals surface area contributed by atoms with Crippen molar-refractivity contribution in [2.75, 3.05) is 9.80 Å². The predicted molar refractivity (Wildman–Crippen MR) is 116 cm³/mol. The Balaban J connectivity index is 1.53. The number of carbonyl (C=O) groups is 1. The minimum absolute atomic E-state index is 0.00454. The van der Waals surface area contributed by atoms with Gasteiger partial charge < -0.3 is 10.6 Å². The van der Waals surface area contributed by atoms with Crippen molar-refractivity contribution in [3.63, 3.8) is 0 Å². The fourth-order valence-electron chi connectivity index (χ4n) is 5.31. The van der Waals surface area contributed by atoms with E-state index in [1.54, 1.807) is 24.3 Å². The molecule has 3 aromatic rings. The molecule has 0 aliphatic carbocycles. The fraction of sp³-hybridized carbons (Fsp3) is 0.391. The highest BCUT2D eigenvalue weighted by Crippen LogP contribution is 2.42. The van der Waals surface area contributed by atoms with Crippen molar-refractivity contribution < 1.29 is 18.0 Å². The molecular formula is C23H24F3N5O. The van der Waals surface area contributed by atoms with Crippen LogP contribution in [0.3, 0.4) is 0 Å². The first-order chi connectivity index (χ1) is 15.3. The number of nitrogens with zero attached hydrogens (tertiary/aromatic N) is 3. The van der Waals surface area contributed by atoms with Gasteiger partial charge in [-0.15, -0.1) is 0 Å². The van der Waals surface area contributed by atoms with Crippen LogP contribution in [0.25, 0.3) is 10.9 Å². The van der Waals surface area contributed by atoms with E-state index < -0.39 is 17.8 Å². The Labute approximate surface area is 183 Å². The number of hydrogen-bond acceptors (Lipinski definition) is 3. The summed E-state index contributed by atoms with van der Waals surface area (Å²) in [4.78, 5) is 15.6. The van der Waals surface area contributed by atoms with Crippen molar-refractivity contribution in [2.24, 2.45) is 5.73 Å². The molecule has 0 radical (unpaired) electrons. The molecule has 2 fully saturated rings. The van der Waals surface area contributed by atoms with Crippen LogP contribution in [0.4, 0.5) is 29.3 Å². The molecule has 2 amide bonds. The maximum atomic E-state index is 14.1. The highest BCUT2D eigenvalue weighted by Gasteiger charge is 2.39. The van der Waals surface area contributed by atoms with E-state index in [2.05, 4.69) is 15.1 Å². The van der Waals surface area contributed by atoms with Gasteiger partial charge in [-0.25, -0.2) is 4.79 Å². The third-order valence-corrected chi connectivity index (χ3v) is 6.74. The summed E-state index contributed by atoms with van der Waals surface area (Å²) in [6.07, 6.45) is 2.19. The van der Waals surface area contributed by atoms with Gasteiger partial charge in [-0.05, 0) is 61.9 Å². The van der Waals surface area contributed by atoms with E-state index in [0.29, 0.717) is 34.4 Å². The van der Waals surface area contributed by atoms with Crippen LogP contribution in [-0.2, 0) is 12.7 Å². The number of anilines is 2. The topological polar surface area (TPSA) is 78.3 Å². The molecule has 3 N–H and O–H groups in total. The summed E-state index contributed by atoms with van der Waals surface area (Å²) in [7, 11) is 0. The Kier molecular flexibility index (Phi) is 4.98. The number of aromatic nitrogens is 2. The molecule has 2 bridgehead atoms. The van der Waals surface area contributed by atoms with Crippen molar-refractivity contribution in [3.8, 4) is 0 Å². The summed E-state index contributed by atoms with van der Waals surface area (Å²) >= 11 is 0. The average Bonchev–Trinajstić information content (AvgIpc) is 3.33. The van der Waals surface area contributed by atoms with Crippen molar-refractivity contribution >= 4 is 28.3 Å². The molecule has 2 unspecified atom stereocenters. The Morgan fingerprint density at radius 1 is 1.16 bits per heavy atom. The number of halogens is 3. The molecule has 168 valence electrons. The Morgan fingerprint density at radius 3 is 2.59 bits per heavy atom. The lowest BCUT2D eigenvalue weighted by molar-refractivity contribution is -0.138. The van der Waals surface area contributed by atoms with E-state index in [-0.39, 0.29) is 12.1 Å². The molecule has 0 saturated carbocycles. The number of amides is 2. The standard InChI is InChI=1S/C23H24F3N5O/c24-23(25,26)19-11-17(31-15-3-1-4-16(31)10-9-15)8-7-14(19)13-30(22(27)32)21-6-2-5-20-18(21)12-28-29-20/h2,5-8,11-12,15-16H,1,3-4,9-10,13H2,(H2,27,32)(H,28,29). The van der Waals surface area contributed by atoms with E-state index in [9.17, 15) is 18.0 Å². The lowest BCUT2D eigenvalue weighted by Gasteiger charge is -2.37. The summed E-state index contributed by atoms with van der Waals surface area (Å²) in [6.45, 7) is -0.290. The number of urea groups is 1. The number of hydrogen-bond donors (Lipinski definition) is 2. The zero-order valence-corrected chi connectivity index (χ0v) is 17.4. The molecule has 2 aliphatic rings. The van der Waals surface area contributed by atoms with Crippen LogP contribution < -0.4 is 15.5 Å². The molecule has 2 atom stereocenters. The van der Waals surface area contributed by atoms with Crippen LogP contribution in [-0.4, -0.2) is 28.3 Å². The average molecular weight is 443 g/mol. The largest absolute Gasteiger partial charge is 0.416 e. The van der Waals surface area contributed by atoms with Crippen molar-refractivity contribution in [1.82, 2.24) is 10.2 Å². The maximum absolute atomic E-state index is 14.1. The van der Waals surface area contributed by atoms with Gasteiger partial charge in [-0.3, -0.25) is 10.00 Å². The molecule has 9 heteroatoms. The summed E-state index contributed by atoms with van der Waals surface area (Å²) in [5.41, 5.74) is 6.55. The summed E-state index contributed by atoms with van der Waals surface area (Å²) in [6, 6.07) is 9.38. The second-order valence-corrected chi connectivity index (χ2v) is 8.60. The van der Waals surface area contributed by atoms with Crippen LogP contribution in [0.15, 0.2) is 42.6 Å². The van der Waals surface area contributed by atoms with Gasteiger partial charge in [-0.2, -0.15) is 18.3 Å². The van der Waals surface area contributed by atoms with Gasteiger partial charge in [0.1, 0.15) is 0 Å². The molecule has 32 heavy (non-hydrogen) atoms. The number of fused-ring (bicyclic) bond motifs is 3. The van der Waals surface area contributed by atoms with E-state index in [1.807, 2.05) is 0 Å². The molecule has 1 aromatic heterocycles. The third kappa shape index (κ3) is 3.55. The van der Waals surface area contributed by atoms with Gasteiger partial charge in [0.05, 0.1) is 29.5 Å². The molecule has 3 heterocycles. The fourth-order valence-corrected chi connectivity index (χ4v) is 5.31. The molecule has 5 rings (SSSR count). The minimum Gasteiger partial charge on any atom is -0.366 e. The predicted octanol–water partition coefficient (Wildman–Crippen LogP) is 5.19. The Bertz CT molecular complexity index is 1140. The third-order valence-electron chi connectivity index (χ3n) is 6.74. The number of aromatic amines is 1. The van der Waals surface area contributed by atoms with Crippen LogP contribution in [0.1, 0.15) is 43.2 Å². The zero-order chi connectivity index (χ0) is 22.5. The molecule has 6 nitrogen and oxygen atoms in total. The maximum Gasteiger partial charge on any atom is 0.416 e. The van der Waals surface area contributed by atoms with Crippen molar-refractivity contribution in [3.05, 3.63) is 53.7 Å². The van der Waals surface area contributed by atoms with E-state index >= 15 is 0 Å². The van der Waals surface area contributed by atoms with Gasteiger partial charge in [-0.1, -0.05) is 12.1 Å². The van der Waals surface area contributed by atoms with Gasteiger partial charge >= 0.3 is 12.2 Å². The second kappa shape index (κ2) is 7.72. The number of H-pyrrole nitrogens is 1. The molecule has 0 spiro atoms. The summed E-state index contributed by atoms with van der Waals surface area (Å²) < 4.78 is 42.3. The lowest BCUT2D eigenvalue weighted by atomic mass is 9.99. The number of nitrogens with two attached hydrogens (primary N) is 1. The number of piperidine rings is 1. The highest BCUT2D eigenvalue weighted by atomic mass is 19.4. The van der Waals surface area contributed by atoms with Gasteiger partial charge in [0.25, 0.3) is 0 Å². The molecule has 2 saturated heterocycles. The van der Waals surface area contributed by atoms with Gasteiger partial charge in [0, 0.05) is 23.2 Å².